The average molecular weight is 250 g/mol. The molecule has 0 spiro atoms. The molecule has 1 fully saturated rings. The van der Waals surface area contributed by atoms with Gasteiger partial charge >= 0.3 is 0 Å². The lowest BCUT2D eigenvalue weighted by atomic mass is 9.75. The zero-order chi connectivity index (χ0) is 13.2. The number of hydrogen-bond acceptors (Lipinski definition) is 5. The maximum Gasteiger partial charge on any atom is 0.242 e. The minimum absolute atomic E-state index is 0.391. The van der Waals surface area contributed by atoms with Crippen molar-refractivity contribution < 1.29 is 4.74 Å². The van der Waals surface area contributed by atoms with Crippen LogP contribution in [0.15, 0.2) is 6.33 Å². The molecule has 2 rings (SSSR count). The summed E-state index contributed by atoms with van der Waals surface area (Å²) in [5.41, 5.74) is 6.85. The van der Waals surface area contributed by atoms with Gasteiger partial charge in [-0.05, 0) is 24.7 Å². The van der Waals surface area contributed by atoms with Crippen molar-refractivity contribution in [3.63, 3.8) is 0 Å². The summed E-state index contributed by atoms with van der Waals surface area (Å²) in [6.07, 6.45) is 6.31. The average Bonchev–Trinajstić information content (AvgIpc) is 2.31. The molecule has 1 heterocycles. The van der Waals surface area contributed by atoms with Gasteiger partial charge in [0.05, 0.1) is 7.11 Å². The maximum atomic E-state index is 5.97. The van der Waals surface area contributed by atoms with Gasteiger partial charge in [0, 0.05) is 6.04 Å². The van der Waals surface area contributed by atoms with Gasteiger partial charge in [0.1, 0.15) is 12.0 Å². The second-order valence-electron chi connectivity index (χ2n) is 5.75. The number of rotatable bonds is 3. The molecule has 1 aliphatic carbocycles. The van der Waals surface area contributed by atoms with Gasteiger partial charge < -0.3 is 15.8 Å². The first-order valence-electron chi connectivity index (χ1n) is 6.43. The van der Waals surface area contributed by atoms with Crippen molar-refractivity contribution in [3.05, 3.63) is 6.33 Å². The van der Waals surface area contributed by atoms with Crippen LogP contribution in [-0.4, -0.2) is 23.1 Å². The van der Waals surface area contributed by atoms with E-state index in [1.54, 1.807) is 7.11 Å². The van der Waals surface area contributed by atoms with E-state index in [0.717, 1.165) is 12.8 Å². The van der Waals surface area contributed by atoms with Gasteiger partial charge in [-0.25, -0.2) is 4.98 Å². The first-order chi connectivity index (χ1) is 8.52. The molecule has 1 aromatic rings. The second kappa shape index (κ2) is 5.00. The Balaban J connectivity index is 2.09. The van der Waals surface area contributed by atoms with E-state index in [0.29, 0.717) is 28.8 Å². The Morgan fingerprint density at radius 1 is 1.44 bits per heavy atom. The molecule has 5 nitrogen and oxygen atoms in total. The van der Waals surface area contributed by atoms with Crippen LogP contribution in [0.1, 0.15) is 39.5 Å². The Labute approximate surface area is 108 Å². The molecule has 5 heteroatoms. The fraction of sp³-hybridized carbons (Fsp3) is 0.692. The summed E-state index contributed by atoms with van der Waals surface area (Å²) in [6.45, 7) is 4.62. The Morgan fingerprint density at radius 3 is 2.89 bits per heavy atom. The van der Waals surface area contributed by atoms with Crippen molar-refractivity contribution in [2.24, 2.45) is 5.41 Å². The number of ether oxygens (including phenoxy) is 1. The molecule has 3 N–H and O–H groups in total. The molecular formula is C13H22N4O. The SMILES string of the molecule is COc1ncnc(NC2CCCC(C)(C)C2)c1N. The van der Waals surface area contributed by atoms with Crippen LogP contribution in [0, 0.1) is 5.41 Å². The van der Waals surface area contributed by atoms with Crippen molar-refractivity contribution in [3.8, 4) is 5.88 Å². The van der Waals surface area contributed by atoms with Crippen LogP contribution in [0.25, 0.3) is 0 Å². The predicted octanol–water partition coefficient (Wildman–Crippen LogP) is 2.45. The first-order valence-corrected chi connectivity index (χ1v) is 6.43. The van der Waals surface area contributed by atoms with Gasteiger partial charge in [0.15, 0.2) is 5.82 Å². The second-order valence-corrected chi connectivity index (χ2v) is 5.75. The van der Waals surface area contributed by atoms with E-state index in [2.05, 4.69) is 29.1 Å². The largest absolute Gasteiger partial charge is 0.479 e. The molecule has 0 saturated heterocycles. The molecule has 1 aromatic heterocycles. The van der Waals surface area contributed by atoms with Crippen LogP contribution in [0.5, 0.6) is 5.88 Å². The molecule has 0 aromatic carbocycles. The molecule has 0 radical (unpaired) electrons. The molecular weight excluding hydrogens is 228 g/mol. The number of nitrogens with two attached hydrogens (primary N) is 1. The highest BCUT2D eigenvalue weighted by Gasteiger charge is 2.28. The number of hydrogen-bond donors (Lipinski definition) is 2. The third kappa shape index (κ3) is 2.83. The van der Waals surface area contributed by atoms with Crippen LogP contribution < -0.4 is 15.8 Å². The van der Waals surface area contributed by atoms with Crippen LogP contribution >= 0.6 is 0 Å². The van der Waals surface area contributed by atoms with Gasteiger partial charge in [0.25, 0.3) is 0 Å². The summed E-state index contributed by atoms with van der Waals surface area (Å²) in [4.78, 5) is 8.18. The molecule has 18 heavy (non-hydrogen) atoms. The Bertz CT molecular complexity index is 419. The summed E-state index contributed by atoms with van der Waals surface area (Å²) in [5.74, 6) is 1.12. The number of aromatic nitrogens is 2. The highest BCUT2D eigenvalue weighted by atomic mass is 16.5. The smallest absolute Gasteiger partial charge is 0.242 e. The van der Waals surface area contributed by atoms with Gasteiger partial charge in [-0.2, -0.15) is 4.98 Å². The molecule has 1 aliphatic rings. The van der Waals surface area contributed by atoms with Gasteiger partial charge in [0.2, 0.25) is 5.88 Å². The fourth-order valence-corrected chi connectivity index (χ4v) is 2.67. The van der Waals surface area contributed by atoms with Crippen LogP contribution in [0.2, 0.25) is 0 Å². The lowest BCUT2D eigenvalue weighted by Crippen LogP contribution is -2.32. The van der Waals surface area contributed by atoms with Crippen molar-refractivity contribution >= 4 is 11.5 Å². The number of nitrogen functional groups attached to an aromatic ring is 1. The fourth-order valence-electron chi connectivity index (χ4n) is 2.67. The summed E-state index contributed by atoms with van der Waals surface area (Å²) in [5, 5.41) is 3.42. The lowest BCUT2D eigenvalue weighted by molar-refractivity contribution is 0.229. The highest BCUT2D eigenvalue weighted by molar-refractivity contribution is 5.66. The van der Waals surface area contributed by atoms with E-state index in [1.807, 2.05) is 0 Å². The van der Waals surface area contributed by atoms with E-state index in [9.17, 15) is 0 Å². The molecule has 0 amide bonds. The summed E-state index contributed by atoms with van der Waals surface area (Å²) >= 11 is 0. The van der Waals surface area contributed by atoms with E-state index < -0.39 is 0 Å². The normalized spacial score (nSPS) is 22.5. The number of nitrogens with zero attached hydrogens (tertiary/aromatic N) is 2. The third-order valence-electron chi connectivity index (χ3n) is 3.59. The third-order valence-corrected chi connectivity index (χ3v) is 3.59. The zero-order valence-corrected chi connectivity index (χ0v) is 11.4. The summed E-state index contributed by atoms with van der Waals surface area (Å²) in [7, 11) is 1.56. The van der Waals surface area contributed by atoms with Crippen LogP contribution in [0.3, 0.4) is 0 Å². The first kappa shape index (κ1) is 12.9. The van der Waals surface area contributed by atoms with Crippen LogP contribution in [-0.2, 0) is 0 Å². The molecule has 0 bridgehead atoms. The topological polar surface area (TPSA) is 73.1 Å². The Hall–Kier alpha value is -1.52. The van der Waals surface area contributed by atoms with Crippen LogP contribution in [0.4, 0.5) is 11.5 Å². The number of nitrogens with one attached hydrogen (secondary N) is 1. The predicted molar refractivity (Wildman–Crippen MR) is 72.7 cm³/mol. The van der Waals surface area contributed by atoms with Crippen molar-refractivity contribution in [2.45, 2.75) is 45.6 Å². The molecule has 100 valence electrons. The van der Waals surface area contributed by atoms with Gasteiger partial charge in [-0.3, -0.25) is 0 Å². The summed E-state index contributed by atoms with van der Waals surface area (Å²) < 4.78 is 5.10. The Kier molecular flexibility index (Phi) is 3.59. The van der Waals surface area contributed by atoms with E-state index in [-0.39, 0.29) is 0 Å². The van der Waals surface area contributed by atoms with Crippen molar-refractivity contribution in [1.82, 2.24) is 9.97 Å². The molecule has 0 aliphatic heterocycles. The van der Waals surface area contributed by atoms with Crippen molar-refractivity contribution in [2.75, 3.05) is 18.2 Å². The maximum absolute atomic E-state index is 5.97. The van der Waals surface area contributed by atoms with E-state index in [4.69, 9.17) is 10.5 Å². The quantitative estimate of drug-likeness (QED) is 0.862. The van der Waals surface area contributed by atoms with Gasteiger partial charge in [-0.15, -0.1) is 0 Å². The van der Waals surface area contributed by atoms with E-state index >= 15 is 0 Å². The minimum Gasteiger partial charge on any atom is -0.479 e. The van der Waals surface area contributed by atoms with Gasteiger partial charge in [-0.1, -0.05) is 20.3 Å². The lowest BCUT2D eigenvalue weighted by Gasteiger charge is -2.35. The number of methoxy groups -OCH3 is 1. The number of anilines is 2. The molecule has 1 atom stereocenters. The monoisotopic (exact) mass is 250 g/mol. The van der Waals surface area contributed by atoms with E-state index in [1.165, 1.54) is 19.2 Å². The zero-order valence-electron chi connectivity index (χ0n) is 11.4. The summed E-state index contributed by atoms with van der Waals surface area (Å²) in [6, 6.07) is 0.427. The molecule has 1 saturated carbocycles. The minimum atomic E-state index is 0.391. The van der Waals surface area contributed by atoms with Crippen molar-refractivity contribution in [1.29, 1.82) is 0 Å². The highest BCUT2D eigenvalue weighted by Crippen LogP contribution is 2.37. The Morgan fingerprint density at radius 2 is 2.22 bits per heavy atom. The standard InChI is InChI=1S/C13H22N4O/c1-13(2)6-4-5-9(7-13)17-11-10(14)12(18-3)16-8-15-11/h8-9H,4-7,14H2,1-3H3,(H,15,16,17). The molecule has 1 unspecified atom stereocenters.